The van der Waals surface area contributed by atoms with Gasteiger partial charge in [-0.25, -0.2) is 0 Å². The standard InChI is InChI=1S/C16H12BrClO3/c1-21-13-6-3-10(4-7-13)15(19)16(20)14-8-12(18)5-2-11(14)9-17/h2-8H,9H2,1H3. The third kappa shape index (κ3) is 3.52. The van der Waals surface area contributed by atoms with Crippen molar-refractivity contribution in [2.24, 2.45) is 0 Å². The Morgan fingerprint density at radius 1 is 1.10 bits per heavy atom. The maximum atomic E-state index is 12.4. The Labute approximate surface area is 136 Å². The van der Waals surface area contributed by atoms with Crippen LogP contribution in [-0.4, -0.2) is 18.7 Å². The highest BCUT2D eigenvalue weighted by Gasteiger charge is 2.21. The van der Waals surface area contributed by atoms with Gasteiger partial charge in [0, 0.05) is 21.5 Å². The highest BCUT2D eigenvalue weighted by atomic mass is 79.9. The van der Waals surface area contributed by atoms with Crippen LogP contribution in [0.25, 0.3) is 0 Å². The smallest absolute Gasteiger partial charge is 0.233 e. The number of hydrogen-bond donors (Lipinski definition) is 0. The topological polar surface area (TPSA) is 43.4 Å². The molecule has 0 bridgehead atoms. The summed E-state index contributed by atoms with van der Waals surface area (Å²) < 4.78 is 5.03. The number of alkyl halides is 1. The first-order valence-corrected chi connectivity index (χ1v) is 7.64. The fraction of sp³-hybridized carbons (Fsp3) is 0.125. The maximum Gasteiger partial charge on any atom is 0.233 e. The number of carbonyl (C=O) groups excluding carboxylic acids is 2. The molecule has 0 atom stereocenters. The number of benzene rings is 2. The maximum absolute atomic E-state index is 12.4. The van der Waals surface area contributed by atoms with E-state index < -0.39 is 11.6 Å². The summed E-state index contributed by atoms with van der Waals surface area (Å²) in [6, 6.07) is 11.4. The van der Waals surface area contributed by atoms with Crippen molar-refractivity contribution in [3.63, 3.8) is 0 Å². The van der Waals surface area contributed by atoms with Gasteiger partial charge in [-0.2, -0.15) is 0 Å². The molecule has 0 heterocycles. The Kier molecular flexibility index (Phi) is 5.15. The molecule has 2 aromatic rings. The van der Waals surface area contributed by atoms with Crippen LogP contribution in [0.3, 0.4) is 0 Å². The van der Waals surface area contributed by atoms with Gasteiger partial charge in [0.2, 0.25) is 11.6 Å². The predicted octanol–water partition coefficient (Wildman–Crippen LogP) is 4.31. The molecule has 0 aliphatic heterocycles. The van der Waals surface area contributed by atoms with Crippen LogP contribution in [0.1, 0.15) is 26.3 Å². The fourth-order valence-electron chi connectivity index (χ4n) is 1.87. The molecule has 0 amide bonds. The lowest BCUT2D eigenvalue weighted by Gasteiger charge is -2.07. The van der Waals surface area contributed by atoms with Gasteiger partial charge >= 0.3 is 0 Å². The number of halogens is 2. The molecule has 2 aromatic carbocycles. The van der Waals surface area contributed by atoms with Crippen LogP contribution in [0.4, 0.5) is 0 Å². The van der Waals surface area contributed by atoms with Crippen LogP contribution in [0.2, 0.25) is 5.02 Å². The second kappa shape index (κ2) is 6.87. The second-order valence-corrected chi connectivity index (χ2v) is 5.32. The van der Waals surface area contributed by atoms with Crippen molar-refractivity contribution in [1.29, 1.82) is 0 Å². The van der Waals surface area contributed by atoms with E-state index in [-0.39, 0.29) is 0 Å². The van der Waals surface area contributed by atoms with Crippen molar-refractivity contribution >= 4 is 39.1 Å². The van der Waals surface area contributed by atoms with Gasteiger partial charge in [-0.3, -0.25) is 9.59 Å². The first kappa shape index (κ1) is 15.7. The van der Waals surface area contributed by atoms with Crippen molar-refractivity contribution in [2.75, 3.05) is 7.11 Å². The molecule has 0 fully saturated rings. The molecular formula is C16H12BrClO3. The zero-order valence-electron chi connectivity index (χ0n) is 11.2. The number of rotatable bonds is 5. The lowest BCUT2D eigenvalue weighted by molar-refractivity contribution is 0.0816. The number of methoxy groups -OCH3 is 1. The van der Waals surface area contributed by atoms with E-state index in [1.54, 1.807) is 36.4 Å². The van der Waals surface area contributed by atoms with E-state index in [4.69, 9.17) is 16.3 Å². The Hall–Kier alpha value is -1.65. The molecule has 0 saturated carbocycles. The first-order valence-electron chi connectivity index (χ1n) is 6.14. The lowest BCUT2D eigenvalue weighted by atomic mass is 9.98. The number of carbonyl (C=O) groups is 2. The Balaban J connectivity index is 2.34. The van der Waals surface area contributed by atoms with Gasteiger partial charge in [-0.1, -0.05) is 33.6 Å². The van der Waals surface area contributed by atoms with Crippen molar-refractivity contribution in [3.8, 4) is 5.75 Å². The molecule has 0 spiro atoms. The van der Waals surface area contributed by atoms with Gasteiger partial charge in [0.15, 0.2) is 0 Å². The normalized spacial score (nSPS) is 10.2. The molecule has 0 radical (unpaired) electrons. The minimum atomic E-state index is -0.572. The summed E-state index contributed by atoms with van der Waals surface area (Å²) in [5, 5.41) is 0.895. The van der Waals surface area contributed by atoms with E-state index in [0.717, 1.165) is 5.56 Å². The molecule has 0 unspecified atom stereocenters. The molecular weight excluding hydrogens is 356 g/mol. The average Bonchev–Trinajstić information content (AvgIpc) is 2.53. The lowest BCUT2D eigenvalue weighted by Crippen LogP contribution is -2.16. The van der Waals surface area contributed by atoms with Crippen molar-refractivity contribution in [1.82, 2.24) is 0 Å². The van der Waals surface area contributed by atoms with Gasteiger partial charge in [0.25, 0.3) is 0 Å². The van der Waals surface area contributed by atoms with Gasteiger partial charge in [0.1, 0.15) is 5.75 Å². The van der Waals surface area contributed by atoms with E-state index in [1.165, 1.54) is 13.2 Å². The number of ether oxygens (including phenoxy) is 1. The molecule has 5 heteroatoms. The summed E-state index contributed by atoms with van der Waals surface area (Å²) in [7, 11) is 1.54. The van der Waals surface area contributed by atoms with Crippen LogP contribution in [0.5, 0.6) is 5.75 Å². The number of ketones is 2. The largest absolute Gasteiger partial charge is 0.497 e. The monoisotopic (exact) mass is 366 g/mol. The Morgan fingerprint density at radius 3 is 2.33 bits per heavy atom. The summed E-state index contributed by atoms with van der Waals surface area (Å²) in [5.41, 5.74) is 1.37. The van der Waals surface area contributed by atoms with Crippen LogP contribution in [0, 0.1) is 0 Å². The Morgan fingerprint density at radius 2 is 1.76 bits per heavy atom. The molecule has 0 saturated heterocycles. The quantitative estimate of drug-likeness (QED) is 0.449. The van der Waals surface area contributed by atoms with Crippen LogP contribution in [-0.2, 0) is 5.33 Å². The molecule has 21 heavy (non-hydrogen) atoms. The third-order valence-corrected chi connectivity index (χ3v) is 3.86. The van der Waals surface area contributed by atoms with Gasteiger partial charge < -0.3 is 4.74 Å². The first-order chi connectivity index (χ1) is 10.1. The molecule has 3 nitrogen and oxygen atoms in total. The highest BCUT2D eigenvalue weighted by molar-refractivity contribution is 9.08. The van der Waals surface area contributed by atoms with Crippen LogP contribution < -0.4 is 4.74 Å². The van der Waals surface area contributed by atoms with E-state index in [0.29, 0.717) is 27.2 Å². The van der Waals surface area contributed by atoms with Gasteiger partial charge in [-0.15, -0.1) is 0 Å². The van der Waals surface area contributed by atoms with Crippen molar-refractivity contribution < 1.29 is 14.3 Å². The predicted molar refractivity (Wildman–Crippen MR) is 85.7 cm³/mol. The summed E-state index contributed by atoms with van der Waals surface area (Å²) in [6.07, 6.45) is 0. The minimum absolute atomic E-state index is 0.320. The van der Waals surface area contributed by atoms with E-state index in [2.05, 4.69) is 15.9 Å². The van der Waals surface area contributed by atoms with Gasteiger partial charge in [0.05, 0.1) is 7.11 Å². The molecule has 0 aromatic heterocycles. The second-order valence-electron chi connectivity index (χ2n) is 4.32. The van der Waals surface area contributed by atoms with Gasteiger partial charge in [-0.05, 0) is 42.0 Å². The zero-order chi connectivity index (χ0) is 15.4. The summed E-state index contributed by atoms with van der Waals surface area (Å²) in [5.74, 6) is -0.512. The molecule has 108 valence electrons. The van der Waals surface area contributed by atoms with Crippen LogP contribution >= 0.6 is 27.5 Å². The summed E-state index contributed by atoms with van der Waals surface area (Å²) in [4.78, 5) is 24.6. The fourth-order valence-corrected chi connectivity index (χ4v) is 2.53. The zero-order valence-corrected chi connectivity index (χ0v) is 13.6. The van der Waals surface area contributed by atoms with Crippen molar-refractivity contribution in [3.05, 3.63) is 64.2 Å². The molecule has 2 rings (SSSR count). The molecule has 0 aliphatic carbocycles. The SMILES string of the molecule is COc1ccc(C(=O)C(=O)c2cc(Cl)ccc2CBr)cc1. The molecule has 0 N–H and O–H groups in total. The van der Waals surface area contributed by atoms with E-state index in [1.807, 2.05) is 0 Å². The summed E-state index contributed by atoms with van der Waals surface area (Å²) >= 11 is 9.22. The van der Waals surface area contributed by atoms with Crippen LogP contribution in [0.15, 0.2) is 42.5 Å². The highest BCUT2D eigenvalue weighted by Crippen LogP contribution is 2.21. The van der Waals surface area contributed by atoms with Crippen molar-refractivity contribution in [2.45, 2.75) is 5.33 Å². The number of hydrogen-bond acceptors (Lipinski definition) is 3. The average molecular weight is 368 g/mol. The van der Waals surface area contributed by atoms with E-state index in [9.17, 15) is 9.59 Å². The summed E-state index contributed by atoms with van der Waals surface area (Å²) in [6.45, 7) is 0. The molecule has 0 aliphatic rings. The Bertz CT molecular complexity index is 680. The minimum Gasteiger partial charge on any atom is -0.497 e. The van der Waals surface area contributed by atoms with E-state index >= 15 is 0 Å². The number of Topliss-reactive ketones (excluding diaryl/α,β-unsaturated/α-hetero) is 2. The third-order valence-electron chi connectivity index (χ3n) is 3.02.